The van der Waals surface area contributed by atoms with Gasteiger partial charge in [-0.3, -0.25) is 0 Å². The zero-order chi connectivity index (χ0) is 30.2. The molecule has 44 heavy (non-hydrogen) atoms. The highest BCUT2D eigenvalue weighted by Crippen LogP contribution is 2.58. The van der Waals surface area contributed by atoms with E-state index in [0.29, 0.717) is 35.5 Å². The van der Waals surface area contributed by atoms with Crippen LogP contribution in [0.5, 0.6) is 11.5 Å². The third-order valence-corrected chi connectivity index (χ3v) is 10.0. The zero-order valence-electron chi connectivity index (χ0n) is 22.9. The number of para-hydroxylation sites is 1. The second-order valence-corrected chi connectivity index (χ2v) is 12.6. The highest BCUT2D eigenvalue weighted by atomic mass is 79.9. The molecule has 1 atom stereocenters. The molecule has 0 saturated carbocycles. The maximum absolute atomic E-state index is 14.7. The summed E-state index contributed by atoms with van der Waals surface area (Å²) >= 11 is 5.21. The number of alkyl halides is 2. The van der Waals surface area contributed by atoms with E-state index in [1.807, 2.05) is 24.3 Å². The average molecular weight is 671 g/mol. The molecule has 6 aromatic rings. The molecule has 0 saturated heterocycles. The van der Waals surface area contributed by atoms with Gasteiger partial charge < -0.3 is 19.8 Å². The van der Waals surface area contributed by atoms with Crippen molar-refractivity contribution in [2.45, 2.75) is 25.1 Å². The van der Waals surface area contributed by atoms with Gasteiger partial charge in [-0.1, -0.05) is 64.5 Å². The first-order valence-corrected chi connectivity index (χ1v) is 15.5. The summed E-state index contributed by atoms with van der Waals surface area (Å²) in [6.07, 6.45) is -1.05. The van der Waals surface area contributed by atoms with E-state index in [2.05, 4.69) is 31.5 Å². The number of fused-ring (bicyclic) bond motifs is 7. The van der Waals surface area contributed by atoms with Crippen molar-refractivity contribution >= 4 is 44.1 Å². The lowest BCUT2D eigenvalue weighted by atomic mass is 9.74. The Hall–Kier alpha value is -4.38. The summed E-state index contributed by atoms with van der Waals surface area (Å²) in [5.41, 5.74) is 8.07. The van der Waals surface area contributed by atoms with Crippen molar-refractivity contribution in [1.29, 1.82) is 0 Å². The van der Waals surface area contributed by atoms with Gasteiger partial charge in [-0.25, -0.2) is 18.6 Å². The third-order valence-electron chi connectivity index (χ3n) is 8.30. The van der Waals surface area contributed by atoms with Gasteiger partial charge in [0.05, 0.1) is 22.3 Å². The second kappa shape index (κ2) is 10.1. The van der Waals surface area contributed by atoms with E-state index in [4.69, 9.17) is 15.2 Å². The number of halogens is 3. The van der Waals surface area contributed by atoms with Crippen LogP contribution in [-0.4, -0.2) is 15.5 Å². The lowest BCUT2D eigenvalue weighted by Gasteiger charge is -2.38. The van der Waals surface area contributed by atoms with Crippen LogP contribution in [0.1, 0.15) is 49.5 Å². The molecule has 1 unspecified atom stereocenters. The molecule has 2 aliphatic heterocycles. The SMILES string of the molecule is NCc1cnc(-c2cc3c(Br)cccc3n2Cc2cccc3c2C2(OC3=O)c3ccccc3Oc3cccc(C(F)F)c32)s1. The molecular weight excluding hydrogens is 648 g/mol. The number of rotatable bonds is 5. The van der Waals surface area contributed by atoms with Crippen LogP contribution >= 0.6 is 27.3 Å². The zero-order valence-corrected chi connectivity index (χ0v) is 25.3. The number of aromatic nitrogens is 2. The number of hydrogen-bond acceptors (Lipinski definition) is 6. The van der Waals surface area contributed by atoms with Crippen LogP contribution in [0.15, 0.2) is 95.6 Å². The molecule has 0 amide bonds. The molecule has 218 valence electrons. The summed E-state index contributed by atoms with van der Waals surface area (Å²) < 4.78 is 45.0. The monoisotopic (exact) mass is 669 g/mol. The van der Waals surface area contributed by atoms with Crippen LogP contribution in [0, 0.1) is 0 Å². The molecule has 0 bridgehead atoms. The first kappa shape index (κ1) is 27.2. The van der Waals surface area contributed by atoms with Gasteiger partial charge >= 0.3 is 5.97 Å². The predicted octanol–water partition coefficient (Wildman–Crippen LogP) is 8.54. The fourth-order valence-electron chi connectivity index (χ4n) is 6.51. The summed E-state index contributed by atoms with van der Waals surface area (Å²) in [6, 6.07) is 25.1. The van der Waals surface area contributed by atoms with E-state index in [1.165, 1.54) is 23.5 Å². The van der Waals surface area contributed by atoms with Crippen LogP contribution in [0.25, 0.3) is 21.6 Å². The van der Waals surface area contributed by atoms with Crippen molar-refractivity contribution in [2.75, 3.05) is 0 Å². The number of ether oxygens (including phenoxy) is 2. The van der Waals surface area contributed by atoms with Crippen LogP contribution in [-0.2, 0) is 23.4 Å². The minimum atomic E-state index is -2.83. The van der Waals surface area contributed by atoms with Crippen molar-refractivity contribution in [3.05, 3.63) is 134 Å². The predicted molar refractivity (Wildman–Crippen MR) is 167 cm³/mol. The van der Waals surface area contributed by atoms with Crippen molar-refractivity contribution in [2.24, 2.45) is 5.73 Å². The number of nitrogens with zero attached hydrogens (tertiary/aromatic N) is 2. The lowest BCUT2D eigenvalue weighted by Crippen LogP contribution is -2.35. The summed E-state index contributed by atoms with van der Waals surface area (Å²) in [7, 11) is 0. The largest absolute Gasteiger partial charge is 0.456 e. The molecule has 2 aliphatic rings. The smallest absolute Gasteiger partial charge is 0.340 e. The van der Waals surface area contributed by atoms with Crippen LogP contribution < -0.4 is 10.5 Å². The Morgan fingerprint density at radius 1 is 0.977 bits per heavy atom. The number of carbonyl (C=O) groups excluding carboxylic acids is 1. The number of thiazole rings is 1. The molecule has 0 fully saturated rings. The van der Waals surface area contributed by atoms with Crippen molar-refractivity contribution in [3.63, 3.8) is 0 Å². The summed E-state index contributed by atoms with van der Waals surface area (Å²) in [6.45, 7) is 0.687. The van der Waals surface area contributed by atoms with Gasteiger partial charge in [0.25, 0.3) is 6.43 Å². The molecule has 2 N–H and O–H groups in total. The normalized spacial score (nSPS) is 16.6. The topological polar surface area (TPSA) is 79.4 Å². The Balaban J connectivity index is 1.42. The fraction of sp³-hybridized carbons (Fsp3) is 0.118. The maximum Gasteiger partial charge on any atom is 0.340 e. The standard InChI is InChI=1S/C34H22BrF2N3O3S/c35-24-10-5-11-25-22(24)14-26(32-39-16-19(15-38)44-32)40(25)17-18-6-3-8-21-29(18)34(43-33(21)41)23-9-1-2-12-27(23)42-28-13-4-7-20(30(28)34)31(36)37/h1-14,16,31H,15,17,38H2. The van der Waals surface area contributed by atoms with E-state index in [1.54, 1.807) is 48.7 Å². The molecule has 8 rings (SSSR count). The molecule has 2 aromatic heterocycles. The van der Waals surface area contributed by atoms with Gasteiger partial charge in [-0.2, -0.15) is 0 Å². The lowest BCUT2D eigenvalue weighted by molar-refractivity contribution is 0.0205. The Morgan fingerprint density at radius 3 is 2.59 bits per heavy atom. The van der Waals surface area contributed by atoms with Crippen molar-refractivity contribution < 1.29 is 23.0 Å². The number of hydrogen-bond donors (Lipinski definition) is 1. The Labute approximate surface area is 262 Å². The molecule has 0 radical (unpaired) electrons. The van der Waals surface area contributed by atoms with Crippen LogP contribution in [0.3, 0.4) is 0 Å². The molecule has 6 nitrogen and oxygen atoms in total. The second-order valence-electron chi connectivity index (χ2n) is 10.7. The fourth-order valence-corrected chi connectivity index (χ4v) is 7.79. The average Bonchev–Trinajstić information content (AvgIpc) is 3.73. The molecular formula is C34H22BrF2N3O3S. The third kappa shape index (κ3) is 3.84. The van der Waals surface area contributed by atoms with E-state index in [-0.39, 0.29) is 16.9 Å². The van der Waals surface area contributed by atoms with Crippen molar-refractivity contribution in [1.82, 2.24) is 9.55 Å². The van der Waals surface area contributed by atoms with E-state index >= 15 is 0 Å². The highest BCUT2D eigenvalue weighted by Gasteiger charge is 2.56. The highest BCUT2D eigenvalue weighted by molar-refractivity contribution is 9.10. The van der Waals surface area contributed by atoms with Gasteiger partial charge in [-0.15, -0.1) is 11.3 Å². The van der Waals surface area contributed by atoms with E-state index in [9.17, 15) is 13.6 Å². The van der Waals surface area contributed by atoms with Crippen LogP contribution in [0.2, 0.25) is 0 Å². The quantitative estimate of drug-likeness (QED) is 0.186. The first-order valence-electron chi connectivity index (χ1n) is 13.9. The Morgan fingerprint density at radius 2 is 1.77 bits per heavy atom. The van der Waals surface area contributed by atoms with Gasteiger partial charge in [0.2, 0.25) is 0 Å². The summed E-state index contributed by atoms with van der Waals surface area (Å²) in [5, 5.41) is 1.79. The first-order chi connectivity index (χ1) is 21.4. The molecule has 4 heterocycles. The van der Waals surface area contributed by atoms with Gasteiger partial charge in [-0.05, 0) is 42.0 Å². The van der Waals surface area contributed by atoms with E-state index < -0.39 is 18.0 Å². The van der Waals surface area contributed by atoms with Gasteiger partial charge in [0.15, 0.2) is 5.60 Å². The molecule has 10 heteroatoms. The molecule has 1 spiro atoms. The van der Waals surface area contributed by atoms with Crippen LogP contribution in [0.4, 0.5) is 8.78 Å². The Bertz CT molecular complexity index is 2140. The number of benzene rings is 4. The maximum atomic E-state index is 14.7. The summed E-state index contributed by atoms with van der Waals surface area (Å²) in [5.74, 6) is 0.0847. The minimum Gasteiger partial charge on any atom is -0.456 e. The van der Waals surface area contributed by atoms with E-state index in [0.717, 1.165) is 36.5 Å². The number of carbonyl (C=O) groups is 1. The van der Waals surface area contributed by atoms with Gasteiger partial charge in [0, 0.05) is 50.7 Å². The Kier molecular flexibility index (Phi) is 6.23. The molecule has 4 aromatic carbocycles. The minimum absolute atomic E-state index is 0.140. The van der Waals surface area contributed by atoms with Gasteiger partial charge in [0.1, 0.15) is 16.5 Å². The van der Waals surface area contributed by atoms with Crippen molar-refractivity contribution in [3.8, 4) is 22.2 Å². The number of esters is 1. The summed E-state index contributed by atoms with van der Waals surface area (Å²) in [4.78, 5) is 19.3. The molecule has 0 aliphatic carbocycles. The number of nitrogens with two attached hydrogens (primary N) is 1.